The molecule has 0 aliphatic rings. The van der Waals surface area contributed by atoms with Crippen molar-refractivity contribution in [1.82, 2.24) is 14.6 Å². The fraction of sp³-hybridized carbons (Fsp3) is 0.167. The fourth-order valence-electron chi connectivity index (χ4n) is 1.65. The van der Waals surface area contributed by atoms with E-state index in [1.165, 1.54) is 11.3 Å². The number of imidazole rings is 1. The maximum atomic E-state index is 5.97. The average Bonchev–Trinajstić information content (AvgIpc) is 2.87. The molecule has 3 aromatic rings. The first-order valence-corrected chi connectivity index (χ1v) is 6.70. The maximum absolute atomic E-state index is 5.97. The van der Waals surface area contributed by atoms with Crippen LogP contribution in [0.15, 0.2) is 30.5 Å². The molecule has 2 heterocycles. The van der Waals surface area contributed by atoms with Crippen LogP contribution in [-0.2, 0) is 0 Å². The van der Waals surface area contributed by atoms with Crippen LogP contribution in [0.4, 0.5) is 0 Å². The summed E-state index contributed by atoms with van der Waals surface area (Å²) in [7, 11) is 0. The SMILES string of the molecule is CCOc1nn2cc(-c3cccc(Cl)c3)nc2s1. The molecule has 1 aromatic carbocycles. The molecule has 92 valence electrons. The zero-order valence-corrected chi connectivity index (χ0v) is 11.2. The van der Waals surface area contributed by atoms with Gasteiger partial charge in [-0.05, 0) is 30.4 Å². The Morgan fingerprint density at radius 1 is 1.44 bits per heavy atom. The van der Waals surface area contributed by atoms with E-state index in [0.29, 0.717) is 16.8 Å². The number of hydrogen-bond acceptors (Lipinski definition) is 4. The number of fused-ring (bicyclic) bond motifs is 1. The molecule has 4 nitrogen and oxygen atoms in total. The van der Waals surface area contributed by atoms with Crippen molar-refractivity contribution < 1.29 is 4.74 Å². The van der Waals surface area contributed by atoms with Crippen molar-refractivity contribution in [3.8, 4) is 16.5 Å². The molecule has 0 aliphatic carbocycles. The van der Waals surface area contributed by atoms with E-state index >= 15 is 0 Å². The third-order valence-electron chi connectivity index (χ3n) is 2.41. The quantitative estimate of drug-likeness (QED) is 0.736. The van der Waals surface area contributed by atoms with E-state index in [1.807, 2.05) is 37.4 Å². The van der Waals surface area contributed by atoms with Gasteiger partial charge in [0.05, 0.1) is 18.5 Å². The first kappa shape index (κ1) is 11.5. The predicted octanol–water partition coefficient (Wildman–Crippen LogP) is 3.51. The number of hydrogen-bond donors (Lipinski definition) is 0. The highest BCUT2D eigenvalue weighted by atomic mass is 35.5. The lowest BCUT2D eigenvalue weighted by atomic mass is 10.2. The minimum atomic E-state index is 0.609. The Labute approximate surface area is 113 Å². The van der Waals surface area contributed by atoms with Crippen molar-refractivity contribution in [3.05, 3.63) is 35.5 Å². The van der Waals surface area contributed by atoms with Gasteiger partial charge in [0.15, 0.2) is 0 Å². The van der Waals surface area contributed by atoms with Crippen LogP contribution in [0.25, 0.3) is 16.2 Å². The molecule has 0 N–H and O–H groups in total. The molecule has 0 saturated heterocycles. The molecule has 0 saturated carbocycles. The zero-order chi connectivity index (χ0) is 12.5. The topological polar surface area (TPSA) is 39.4 Å². The van der Waals surface area contributed by atoms with E-state index in [1.54, 1.807) is 4.52 Å². The number of benzene rings is 1. The summed E-state index contributed by atoms with van der Waals surface area (Å²) in [5, 5.41) is 5.63. The predicted molar refractivity (Wildman–Crippen MR) is 72.5 cm³/mol. The summed E-state index contributed by atoms with van der Waals surface area (Å²) >= 11 is 7.39. The van der Waals surface area contributed by atoms with Gasteiger partial charge in [0.2, 0.25) is 4.96 Å². The Balaban J connectivity index is 2.01. The zero-order valence-electron chi connectivity index (χ0n) is 9.63. The minimum absolute atomic E-state index is 0.609. The van der Waals surface area contributed by atoms with Gasteiger partial charge in [-0.3, -0.25) is 0 Å². The normalized spacial score (nSPS) is 11.0. The Morgan fingerprint density at radius 2 is 2.33 bits per heavy atom. The fourth-order valence-corrected chi connectivity index (χ4v) is 2.63. The van der Waals surface area contributed by atoms with Gasteiger partial charge in [0, 0.05) is 10.6 Å². The van der Waals surface area contributed by atoms with Gasteiger partial charge >= 0.3 is 0 Å². The lowest BCUT2D eigenvalue weighted by Crippen LogP contribution is -1.91. The second-order valence-corrected chi connectivity index (χ2v) is 5.02. The van der Waals surface area contributed by atoms with Gasteiger partial charge in [0.25, 0.3) is 5.19 Å². The van der Waals surface area contributed by atoms with E-state index in [2.05, 4.69) is 10.1 Å². The second kappa shape index (κ2) is 4.59. The number of rotatable bonds is 3. The Morgan fingerprint density at radius 3 is 3.06 bits per heavy atom. The van der Waals surface area contributed by atoms with Gasteiger partial charge in [0.1, 0.15) is 0 Å². The summed E-state index contributed by atoms with van der Waals surface area (Å²) in [6.07, 6.45) is 1.88. The van der Waals surface area contributed by atoms with Crippen molar-refractivity contribution in [2.45, 2.75) is 6.92 Å². The monoisotopic (exact) mass is 279 g/mol. The first-order chi connectivity index (χ1) is 8.76. The first-order valence-electron chi connectivity index (χ1n) is 5.51. The number of ether oxygens (including phenoxy) is 1. The maximum Gasteiger partial charge on any atom is 0.294 e. The van der Waals surface area contributed by atoms with Crippen LogP contribution in [0.5, 0.6) is 5.19 Å². The molecule has 0 radical (unpaired) electrons. The standard InChI is InChI=1S/C12H10ClN3OS/c1-2-17-12-15-16-7-10(14-11(16)18-12)8-4-3-5-9(13)6-8/h3-7H,2H2,1H3. The summed E-state index contributed by atoms with van der Waals surface area (Å²) in [5.74, 6) is 0. The summed E-state index contributed by atoms with van der Waals surface area (Å²) in [6.45, 7) is 2.54. The third-order valence-corrected chi connectivity index (χ3v) is 3.48. The largest absolute Gasteiger partial charge is 0.469 e. The van der Waals surface area contributed by atoms with Gasteiger partial charge in [-0.1, -0.05) is 23.7 Å². The molecule has 0 fully saturated rings. The van der Waals surface area contributed by atoms with E-state index in [0.717, 1.165) is 16.2 Å². The molecule has 18 heavy (non-hydrogen) atoms. The minimum Gasteiger partial charge on any atom is -0.469 e. The van der Waals surface area contributed by atoms with Crippen molar-refractivity contribution in [3.63, 3.8) is 0 Å². The molecular weight excluding hydrogens is 270 g/mol. The van der Waals surface area contributed by atoms with Gasteiger partial charge in [-0.2, -0.15) is 0 Å². The van der Waals surface area contributed by atoms with Crippen LogP contribution in [0.1, 0.15) is 6.92 Å². The van der Waals surface area contributed by atoms with Crippen molar-refractivity contribution in [2.75, 3.05) is 6.61 Å². The number of aromatic nitrogens is 3. The lowest BCUT2D eigenvalue weighted by Gasteiger charge is -1.96. The van der Waals surface area contributed by atoms with E-state index in [4.69, 9.17) is 16.3 Å². The highest BCUT2D eigenvalue weighted by Gasteiger charge is 2.10. The van der Waals surface area contributed by atoms with Crippen molar-refractivity contribution in [1.29, 1.82) is 0 Å². The molecule has 6 heteroatoms. The lowest BCUT2D eigenvalue weighted by molar-refractivity contribution is 0.334. The Hall–Kier alpha value is -1.59. The van der Waals surface area contributed by atoms with Gasteiger partial charge < -0.3 is 4.74 Å². The summed E-state index contributed by atoms with van der Waals surface area (Å²) in [6, 6.07) is 7.61. The van der Waals surface area contributed by atoms with Crippen LogP contribution < -0.4 is 4.74 Å². The second-order valence-electron chi connectivity index (χ2n) is 3.66. The number of nitrogens with zero attached hydrogens (tertiary/aromatic N) is 3. The molecule has 0 unspecified atom stereocenters. The van der Waals surface area contributed by atoms with Crippen molar-refractivity contribution in [2.24, 2.45) is 0 Å². The van der Waals surface area contributed by atoms with E-state index in [-0.39, 0.29) is 0 Å². The highest BCUT2D eigenvalue weighted by molar-refractivity contribution is 7.18. The molecule has 3 rings (SSSR count). The summed E-state index contributed by atoms with van der Waals surface area (Å²) < 4.78 is 7.07. The van der Waals surface area contributed by atoms with Crippen molar-refractivity contribution >= 4 is 27.9 Å². The van der Waals surface area contributed by atoms with E-state index < -0.39 is 0 Å². The summed E-state index contributed by atoms with van der Waals surface area (Å²) in [4.78, 5) is 5.32. The Kier molecular flexibility index (Phi) is 2.93. The molecular formula is C12H10ClN3OS. The highest BCUT2D eigenvalue weighted by Crippen LogP contribution is 2.26. The summed E-state index contributed by atoms with van der Waals surface area (Å²) in [5.41, 5.74) is 1.84. The van der Waals surface area contributed by atoms with Gasteiger partial charge in [-0.15, -0.1) is 5.10 Å². The molecule has 0 aliphatic heterocycles. The van der Waals surface area contributed by atoms with E-state index in [9.17, 15) is 0 Å². The molecule has 0 spiro atoms. The third kappa shape index (κ3) is 2.07. The smallest absolute Gasteiger partial charge is 0.294 e. The van der Waals surface area contributed by atoms with Crippen LogP contribution in [-0.4, -0.2) is 21.2 Å². The van der Waals surface area contributed by atoms with Crippen LogP contribution in [0, 0.1) is 0 Å². The molecule has 0 amide bonds. The molecule has 0 bridgehead atoms. The Bertz CT molecular complexity index is 660. The van der Waals surface area contributed by atoms with Gasteiger partial charge in [-0.25, -0.2) is 9.50 Å². The molecule has 2 aromatic heterocycles. The average molecular weight is 280 g/mol. The number of halogens is 1. The van der Waals surface area contributed by atoms with Crippen LogP contribution >= 0.6 is 22.9 Å². The molecule has 0 atom stereocenters. The van der Waals surface area contributed by atoms with Crippen LogP contribution in [0.3, 0.4) is 0 Å². The van der Waals surface area contributed by atoms with Crippen LogP contribution in [0.2, 0.25) is 5.02 Å².